The molecule has 0 N–H and O–H groups in total. The molecule has 2 aromatic rings. The van der Waals surface area contributed by atoms with Crippen LogP contribution in [-0.4, -0.2) is 48.3 Å². The lowest BCUT2D eigenvalue weighted by Gasteiger charge is -2.36. The van der Waals surface area contributed by atoms with Gasteiger partial charge in [-0.15, -0.1) is 0 Å². The molecule has 1 fully saturated rings. The second-order valence-corrected chi connectivity index (χ2v) is 6.08. The fraction of sp³-hybridized carbons (Fsp3) is 0.263. The molecule has 4 rings (SSSR count). The summed E-state index contributed by atoms with van der Waals surface area (Å²) in [7, 11) is 0. The molecule has 5 heteroatoms. The van der Waals surface area contributed by atoms with Gasteiger partial charge in [-0.05, 0) is 12.1 Å². The second kappa shape index (κ2) is 6.00. The van der Waals surface area contributed by atoms with E-state index in [4.69, 9.17) is 4.74 Å². The quantitative estimate of drug-likeness (QED) is 0.797. The lowest BCUT2D eigenvalue weighted by atomic mass is 9.86. The van der Waals surface area contributed by atoms with Crippen LogP contribution in [0.25, 0.3) is 0 Å². The number of amides is 2. The van der Waals surface area contributed by atoms with Crippen molar-refractivity contribution in [3.05, 3.63) is 59.7 Å². The molecule has 0 radical (unpaired) electrons. The first-order valence-electron chi connectivity index (χ1n) is 8.12. The lowest BCUT2D eigenvalue weighted by Crippen LogP contribution is -2.49. The Morgan fingerprint density at radius 2 is 1.46 bits per heavy atom. The second-order valence-electron chi connectivity index (χ2n) is 6.08. The number of rotatable bonds is 2. The molecule has 5 nitrogen and oxygen atoms in total. The number of carbonyl (C=O) groups excluding carboxylic acids is 2. The van der Waals surface area contributed by atoms with E-state index in [0.29, 0.717) is 26.2 Å². The summed E-state index contributed by atoms with van der Waals surface area (Å²) in [5.74, 6) is 1.19. The number of carbonyl (C=O) groups is 2. The van der Waals surface area contributed by atoms with Crippen molar-refractivity contribution >= 4 is 12.3 Å². The summed E-state index contributed by atoms with van der Waals surface area (Å²) < 4.78 is 5.95. The van der Waals surface area contributed by atoms with Gasteiger partial charge in [0.2, 0.25) is 12.3 Å². The number of benzene rings is 2. The number of fused-ring (bicyclic) bond motifs is 2. The average molecular weight is 322 g/mol. The minimum atomic E-state index is -0.353. The SMILES string of the molecule is O=CN1CCN(C(=O)C2c3ccccc3Oc3ccccc32)CC1. The van der Waals surface area contributed by atoms with Gasteiger partial charge < -0.3 is 14.5 Å². The number of para-hydroxylation sites is 2. The van der Waals surface area contributed by atoms with Gasteiger partial charge >= 0.3 is 0 Å². The number of piperazine rings is 1. The van der Waals surface area contributed by atoms with Crippen LogP contribution < -0.4 is 4.74 Å². The van der Waals surface area contributed by atoms with Gasteiger partial charge in [0.25, 0.3) is 0 Å². The van der Waals surface area contributed by atoms with Gasteiger partial charge in [0, 0.05) is 37.3 Å². The highest BCUT2D eigenvalue weighted by Crippen LogP contribution is 2.44. The molecule has 0 aliphatic carbocycles. The molecule has 0 atom stereocenters. The van der Waals surface area contributed by atoms with Gasteiger partial charge in [-0.25, -0.2) is 0 Å². The third-order valence-electron chi connectivity index (χ3n) is 4.70. The maximum atomic E-state index is 13.2. The molecular formula is C19H18N2O3. The topological polar surface area (TPSA) is 49.9 Å². The highest BCUT2D eigenvalue weighted by atomic mass is 16.5. The summed E-state index contributed by atoms with van der Waals surface area (Å²) >= 11 is 0. The zero-order valence-electron chi connectivity index (χ0n) is 13.2. The molecule has 2 aliphatic heterocycles. The monoisotopic (exact) mass is 322 g/mol. The van der Waals surface area contributed by atoms with Gasteiger partial charge in [0.15, 0.2) is 0 Å². The molecule has 0 bridgehead atoms. The predicted molar refractivity (Wildman–Crippen MR) is 89.0 cm³/mol. The smallest absolute Gasteiger partial charge is 0.234 e. The fourth-order valence-electron chi connectivity index (χ4n) is 3.41. The third-order valence-corrected chi connectivity index (χ3v) is 4.70. The molecule has 1 saturated heterocycles. The summed E-state index contributed by atoms with van der Waals surface area (Å²) in [4.78, 5) is 27.7. The van der Waals surface area contributed by atoms with Crippen molar-refractivity contribution in [3.63, 3.8) is 0 Å². The molecule has 0 unspecified atom stereocenters. The largest absolute Gasteiger partial charge is 0.457 e. The Morgan fingerprint density at radius 3 is 2.00 bits per heavy atom. The van der Waals surface area contributed by atoms with Crippen molar-refractivity contribution in [1.29, 1.82) is 0 Å². The van der Waals surface area contributed by atoms with Gasteiger partial charge in [0.1, 0.15) is 11.5 Å². The van der Waals surface area contributed by atoms with Crippen LogP contribution in [0.5, 0.6) is 11.5 Å². The highest BCUT2D eigenvalue weighted by molar-refractivity contribution is 5.89. The van der Waals surface area contributed by atoms with Crippen molar-refractivity contribution in [2.45, 2.75) is 5.92 Å². The zero-order chi connectivity index (χ0) is 16.5. The molecule has 0 saturated carbocycles. The molecule has 2 amide bonds. The minimum absolute atomic E-state index is 0.0729. The van der Waals surface area contributed by atoms with Crippen LogP contribution in [0.2, 0.25) is 0 Å². The number of nitrogens with zero attached hydrogens (tertiary/aromatic N) is 2. The zero-order valence-corrected chi connectivity index (χ0v) is 13.2. The van der Waals surface area contributed by atoms with E-state index in [2.05, 4.69) is 0 Å². The van der Waals surface area contributed by atoms with Crippen LogP contribution in [-0.2, 0) is 9.59 Å². The summed E-state index contributed by atoms with van der Waals surface area (Å²) in [6.07, 6.45) is 0.848. The molecule has 2 aromatic carbocycles. The molecule has 122 valence electrons. The molecule has 24 heavy (non-hydrogen) atoms. The van der Waals surface area contributed by atoms with Crippen LogP contribution in [0, 0.1) is 0 Å². The fourth-order valence-corrected chi connectivity index (χ4v) is 3.41. The highest BCUT2D eigenvalue weighted by Gasteiger charge is 2.35. The molecule has 0 aromatic heterocycles. The normalized spacial score (nSPS) is 16.8. The standard InChI is InChI=1S/C19H18N2O3/c22-13-20-9-11-21(12-10-20)19(23)18-14-5-1-3-7-16(14)24-17-8-4-2-6-15(17)18/h1-8,13,18H,9-12H2. The molecule has 0 spiro atoms. The maximum Gasteiger partial charge on any atom is 0.234 e. The Labute approximate surface area is 140 Å². The van der Waals surface area contributed by atoms with Crippen molar-refractivity contribution < 1.29 is 14.3 Å². The van der Waals surface area contributed by atoms with Gasteiger partial charge in [-0.1, -0.05) is 36.4 Å². The average Bonchev–Trinajstić information content (AvgIpc) is 2.65. The Kier molecular flexibility index (Phi) is 3.69. The van der Waals surface area contributed by atoms with E-state index in [9.17, 15) is 9.59 Å². The van der Waals surface area contributed by atoms with E-state index in [-0.39, 0.29) is 11.8 Å². The van der Waals surface area contributed by atoms with Gasteiger partial charge in [0.05, 0.1) is 5.92 Å². The number of hydrogen-bond acceptors (Lipinski definition) is 3. The van der Waals surface area contributed by atoms with E-state index in [0.717, 1.165) is 29.0 Å². The van der Waals surface area contributed by atoms with E-state index in [1.807, 2.05) is 53.4 Å². The number of hydrogen-bond donors (Lipinski definition) is 0. The van der Waals surface area contributed by atoms with Crippen LogP contribution in [0.1, 0.15) is 17.0 Å². The third kappa shape index (κ3) is 2.42. The van der Waals surface area contributed by atoms with Crippen molar-refractivity contribution in [1.82, 2.24) is 9.80 Å². The summed E-state index contributed by atoms with van der Waals surface area (Å²) in [5, 5.41) is 0. The first-order valence-corrected chi connectivity index (χ1v) is 8.12. The number of ether oxygens (including phenoxy) is 1. The van der Waals surface area contributed by atoms with Crippen molar-refractivity contribution in [2.24, 2.45) is 0 Å². The Morgan fingerprint density at radius 1 is 0.917 bits per heavy atom. The minimum Gasteiger partial charge on any atom is -0.457 e. The van der Waals surface area contributed by atoms with Crippen LogP contribution in [0.15, 0.2) is 48.5 Å². The Bertz CT molecular complexity index is 736. The van der Waals surface area contributed by atoms with Crippen LogP contribution >= 0.6 is 0 Å². The van der Waals surface area contributed by atoms with E-state index in [1.165, 1.54) is 0 Å². The summed E-state index contributed by atoms with van der Waals surface area (Å²) in [6.45, 7) is 2.31. The van der Waals surface area contributed by atoms with Crippen LogP contribution in [0.3, 0.4) is 0 Å². The first-order chi connectivity index (χ1) is 11.8. The molecular weight excluding hydrogens is 304 g/mol. The van der Waals surface area contributed by atoms with E-state index >= 15 is 0 Å². The Hall–Kier alpha value is -2.82. The molecule has 2 aliphatic rings. The summed E-state index contributed by atoms with van der Waals surface area (Å²) in [6, 6.07) is 15.4. The predicted octanol–water partition coefficient (Wildman–Crippen LogP) is 2.22. The van der Waals surface area contributed by atoms with E-state index in [1.54, 1.807) is 4.90 Å². The van der Waals surface area contributed by atoms with Crippen LogP contribution in [0.4, 0.5) is 0 Å². The molecule has 2 heterocycles. The van der Waals surface area contributed by atoms with Crippen molar-refractivity contribution in [2.75, 3.05) is 26.2 Å². The van der Waals surface area contributed by atoms with Crippen molar-refractivity contribution in [3.8, 4) is 11.5 Å². The van der Waals surface area contributed by atoms with Gasteiger partial charge in [-0.3, -0.25) is 9.59 Å². The maximum absolute atomic E-state index is 13.2. The first kappa shape index (κ1) is 14.8. The lowest BCUT2D eigenvalue weighted by molar-refractivity contribution is -0.135. The van der Waals surface area contributed by atoms with E-state index < -0.39 is 0 Å². The summed E-state index contributed by atoms with van der Waals surface area (Å²) in [5.41, 5.74) is 1.80. The Balaban J connectivity index is 1.69. The van der Waals surface area contributed by atoms with Gasteiger partial charge in [-0.2, -0.15) is 0 Å².